The Morgan fingerprint density at radius 1 is 1.42 bits per heavy atom. The normalized spacial score (nSPS) is 16.4. The minimum absolute atomic E-state index is 0.0345. The van der Waals surface area contributed by atoms with E-state index >= 15 is 0 Å². The minimum Gasteiger partial charge on any atom is -0.393 e. The Kier molecular flexibility index (Phi) is 4.81. The number of halogens is 2. The molecule has 1 amide bonds. The topological polar surface area (TPSA) is 46.3 Å². The third kappa shape index (κ3) is 3.27. The van der Waals surface area contributed by atoms with Crippen molar-refractivity contribution in [3.05, 3.63) is 33.3 Å². The molecule has 0 bridgehead atoms. The van der Waals surface area contributed by atoms with Gasteiger partial charge in [-0.1, -0.05) is 29.9 Å². The summed E-state index contributed by atoms with van der Waals surface area (Å²) in [5.41, 5.74) is 6.18. The zero-order valence-corrected chi connectivity index (χ0v) is 13.4. The number of hydrogen-bond acceptors (Lipinski definition) is 2. The van der Waals surface area contributed by atoms with Gasteiger partial charge in [0.1, 0.15) is 0 Å². The summed E-state index contributed by atoms with van der Waals surface area (Å²) in [4.78, 5) is 14.8. The summed E-state index contributed by atoms with van der Waals surface area (Å²) in [6.07, 6.45) is 1.65. The fourth-order valence-electron chi connectivity index (χ4n) is 2.21. The summed E-state index contributed by atoms with van der Waals surface area (Å²) < 4.78 is 0.734. The molecule has 1 aromatic rings. The number of benzene rings is 1. The van der Waals surface area contributed by atoms with E-state index in [0.717, 1.165) is 17.3 Å². The zero-order chi connectivity index (χ0) is 14.0. The van der Waals surface area contributed by atoms with Crippen molar-refractivity contribution in [2.24, 2.45) is 11.7 Å². The number of rotatable bonds is 2. The number of hydrogen-bond donors (Lipinski definition) is 1. The number of carbonyl (C=O) groups is 1. The van der Waals surface area contributed by atoms with Crippen LogP contribution in [0.15, 0.2) is 22.7 Å². The SMILES string of the molecule is NC(=S)C1CCN(C(=O)c2cccc(Br)c2Cl)CC1. The molecule has 1 aliphatic heterocycles. The Balaban J connectivity index is 2.09. The molecule has 102 valence electrons. The maximum absolute atomic E-state index is 12.4. The number of piperidine rings is 1. The number of nitrogens with zero attached hydrogens (tertiary/aromatic N) is 1. The Morgan fingerprint density at radius 2 is 2.05 bits per heavy atom. The van der Waals surface area contributed by atoms with Crippen LogP contribution in [0.3, 0.4) is 0 Å². The van der Waals surface area contributed by atoms with Crippen LogP contribution in [0.1, 0.15) is 23.2 Å². The molecule has 0 aliphatic carbocycles. The molecule has 1 saturated heterocycles. The Labute approximate surface area is 131 Å². The third-order valence-corrected chi connectivity index (χ3v) is 5.00. The highest BCUT2D eigenvalue weighted by Gasteiger charge is 2.26. The first-order chi connectivity index (χ1) is 9.00. The Bertz CT molecular complexity index is 515. The van der Waals surface area contributed by atoms with Gasteiger partial charge in [0.2, 0.25) is 0 Å². The maximum Gasteiger partial charge on any atom is 0.255 e. The van der Waals surface area contributed by atoms with Crippen molar-refractivity contribution in [1.82, 2.24) is 4.90 Å². The van der Waals surface area contributed by atoms with E-state index in [1.165, 1.54) is 0 Å². The first-order valence-electron chi connectivity index (χ1n) is 6.03. The Hall–Kier alpha value is -0.650. The van der Waals surface area contributed by atoms with Crippen LogP contribution in [0, 0.1) is 5.92 Å². The van der Waals surface area contributed by atoms with Gasteiger partial charge in [-0.15, -0.1) is 0 Å². The molecule has 0 atom stereocenters. The largest absolute Gasteiger partial charge is 0.393 e. The fourth-order valence-corrected chi connectivity index (χ4v) is 3.02. The van der Waals surface area contributed by atoms with Crippen LogP contribution in [0.4, 0.5) is 0 Å². The molecule has 6 heteroatoms. The van der Waals surface area contributed by atoms with Gasteiger partial charge in [0.25, 0.3) is 5.91 Å². The molecular formula is C13H14BrClN2OS. The highest BCUT2D eigenvalue weighted by molar-refractivity contribution is 9.10. The maximum atomic E-state index is 12.4. The lowest BCUT2D eigenvalue weighted by molar-refractivity contribution is 0.0710. The number of likely N-dealkylation sites (tertiary alicyclic amines) is 1. The standard InChI is InChI=1S/C13H14BrClN2OS/c14-10-3-1-2-9(11(10)15)13(18)17-6-4-8(5-7-17)12(16)19/h1-3,8H,4-7H2,(H2,16,19). The lowest BCUT2D eigenvalue weighted by Crippen LogP contribution is -2.41. The summed E-state index contributed by atoms with van der Waals surface area (Å²) in [5, 5.41) is 0.462. The van der Waals surface area contributed by atoms with Gasteiger partial charge in [-0.25, -0.2) is 0 Å². The van der Waals surface area contributed by atoms with Crippen molar-refractivity contribution < 1.29 is 4.79 Å². The van der Waals surface area contributed by atoms with E-state index in [4.69, 9.17) is 29.6 Å². The Morgan fingerprint density at radius 3 is 2.63 bits per heavy atom. The van der Waals surface area contributed by atoms with Crippen LogP contribution >= 0.6 is 39.7 Å². The van der Waals surface area contributed by atoms with Crippen LogP contribution < -0.4 is 5.73 Å². The van der Waals surface area contributed by atoms with E-state index in [2.05, 4.69) is 15.9 Å². The van der Waals surface area contributed by atoms with Gasteiger partial charge >= 0.3 is 0 Å². The molecule has 0 aromatic heterocycles. The highest BCUT2D eigenvalue weighted by Crippen LogP contribution is 2.28. The quantitative estimate of drug-likeness (QED) is 0.823. The molecule has 2 N–H and O–H groups in total. The second-order valence-electron chi connectivity index (χ2n) is 4.57. The molecule has 0 unspecified atom stereocenters. The predicted octanol–water partition coefficient (Wildman–Crippen LogP) is 3.24. The van der Waals surface area contributed by atoms with Crippen molar-refractivity contribution in [2.75, 3.05) is 13.1 Å². The molecular weight excluding hydrogens is 348 g/mol. The van der Waals surface area contributed by atoms with Crippen LogP contribution in [-0.2, 0) is 0 Å². The van der Waals surface area contributed by atoms with Gasteiger partial charge in [-0.2, -0.15) is 0 Å². The van der Waals surface area contributed by atoms with Crippen molar-refractivity contribution in [3.63, 3.8) is 0 Å². The van der Waals surface area contributed by atoms with Crippen LogP contribution in [0.5, 0.6) is 0 Å². The average Bonchev–Trinajstić information content (AvgIpc) is 2.41. The monoisotopic (exact) mass is 360 g/mol. The second-order valence-corrected chi connectivity index (χ2v) is 6.27. The first kappa shape index (κ1) is 14.8. The van der Waals surface area contributed by atoms with E-state index in [1.807, 2.05) is 17.0 Å². The molecule has 0 saturated carbocycles. The molecule has 1 heterocycles. The predicted molar refractivity (Wildman–Crippen MR) is 84.6 cm³/mol. The smallest absolute Gasteiger partial charge is 0.255 e. The number of carbonyl (C=O) groups excluding carboxylic acids is 1. The minimum atomic E-state index is -0.0345. The second kappa shape index (κ2) is 6.20. The summed E-state index contributed by atoms with van der Waals surface area (Å²) >= 11 is 14.5. The molecule has 1 fully saturated rings. The van der Waals surface area contributed by atoms with Gasteiger partial charge < -0.3 is 10.6 Å². The lowest BCUT2D eigenvalue weighted by atomic mass is 9.96. The first-order valence-corrected chi connectivity index (χ1v) is 7.61. The van der Waals surface area contributed by atoms with Crippen molar-refractivity contribution in [1.29, 1.82) is 0 Å². The van der Waals surface area contributed by atoms with Crippen LogP contribution in [0.25, 0.3) is 0 Å². The average molecular weight is 362 g/mol. The van der Waals surface area contributed by atoms with Gasteiger partial charge in [-0.3, -0.25) is 4.79 Å². The van der Waals surface area contributed by atoms with Gasteiger partial charge in [-0.05, 0) is 40.9 Å². The highest BCUT2D eigenvalue weighted by atomic mass is 79.9. The summed E-state index contributed by atoms with van der Waals surface area (Å²) in [5.74, 6) is 0.213. The van der Waals surface area contributed by atoms with Crippen LogP contribution in [-0.4, -0.2) is 28.9 Å². The van der Waals surface area contributed by atoms with Crippen molar-refractivity contribution >= 4 is 50.6 Å². The molecule has 19 heavy (non-hydrogen) atoms. The van der Waals surface area contributed by atoms with Gasteiger partial charge in [0.15, 0.2) is 0 Å². The summed E-state index contributed by atoms with van der Waals surface area (Å²) in [7, 11) is 0. The molecule has 3 nitrogen and oxygen atoms in total. The molecule has 2 rings (SSSR count). The molecule has 0 radical (unpaired) electrons. The molecule has 1 aromatic carbocycles. The van der Waals surface area contributed by atoms with E-state index in [0.29, 0.717) is 28.7 Å². The van der Waals surface area contributed by atoms with E-state index in [9.17, 15) is 4.79 Å². The number of thiocarbonyl (C=S) groups is 1. The lowest BCUT2D eigenvalue weighted by Gasteiger charge is -2.31. The number of amides is 1. The van der Waals surface area contributed by atoms with E-state index in [-0.39, 0.29) is 11.8 Å². The van der Waals surface area contributed by atoms with Crippen molar-refractivity contribution in [2.45, 2.75) is 12.8 Å². The van der Waals surface area contributed by atoms with E-state index < -0.39 is 0 Å². The third-order valence-electron chi connectivity index (χ3n) is 3.37. The zero-order valence-electron chi connectivity index (χ0n) is 10.2. The molecule has 0 spiro atoms. The fraction of sp³-hybridized carbons (Fsp3) is 0.385. The summed E-state index contributed by atoms with van der Waals surface area (Å²) in [6.45, 7) is 1.34. The number of nitrogens with two attached hydrogens (primary N) is 1. The molecule has 1 aliphatic rings. The van der Waals surface area contributed by atoms with E-state index in [1.54, 1.807) is 6.07 Å². The summed E-state index contributed by atoms with van der Waals surface area (Å²) in [6, 6.07) is 5.37. The van der Waals surface area contributed by atoms with Crippen LogP contribution in [0.2, 0.25) is 5.02 Å². The van der Waals surface area contributed by atoms with Crippen molar-refractivity contribution in [3.8, 4) is 0 Å². The van der Waals surface area contributed by atoms with Gasteiger partial charge in [0, 0.05) is 23.5 Å². The van der Waals surface area contributed by atoms with Gasteiger partial charge in [0.05, 0.1) is 15.6 Å².